The van der Waals surface area contributed by atoms with Crippen molar-refractivity contribution in [2.75, 3.05) is 11.9 Å². The molecule has 1 aliphatic heterocycles. The van der Waals surface area contributed by atoms with Crippen LogP contribution in [0.4, 0.5) is 11.4 Å². The highest BCUT2D eigenvalue weighted by molar-refractivity contribution is 6.03. The second kappa shape index (κ2) is 5.21. The van der Waals surface area contributed by atoms with Crippen LogP contribution in [-0.4, -0.2) is 11.6 Å². The molecule has 27 heavy (non-hydrogen) atoms. The Bertz CT molecular complexity index is 1330. The van der Waals surface area contributed by atoms with Crippen molar-refractivity contribution in [1.29, 1.82) is 0 Å². The summed E-state index contributed by atoms with van der Waals surface area (Å²) in [5.41, 5.74) is 7.04. The molecule has 6 rings (SSSR count). The van der Waals surface area contributed by atoms with Crippen molar-refractivity contribution >= 4 is 33.2 Å². The van der Waals surface area contributed by atoms with Gasteiger partial charge in [0.15, 0.2) is 0 Å². The van der Waals surface area contributed by atoms with Gasteiger partial charge in [-0.3, -0.25) is 9.13 Å². The molecular formula is C24H17N3. The molecule has 128 valence electrons. The van der Waals surface area contributed by atoms with E-state index in [0.29, 0.717) is 0 Å². The lowest BCUT2D eigenvalue weighted by atomic mass is 10.0. The van der Waals surface area contributed by atoms with Crippen LogP contribution < -0.4 is 9.47 Å². The molecule has 0 fully saturated rings. The van der Waals surface area contributed by atoms with Gasteiger partial charge in [0.05, 0.1) is 22.6 Å². The number of anilines is 2. The molecule has 0 atom stereocenters. The fraction of sp³-hybridized carbons (Fsp3) is 0.0417. The summed E-state index contributed by atoms with van der Waals surface area (Å²) in [6, 6.07) is 29.9. The van der Waals surface area contributed by atoms with Crippen molar-refractivity contribution in [3.05, 3.63) is 91.3 Å². The molecule has 1 aromatic heterocycles. The van der Waals surface area contributed by atoms with Gasteiger partial charge in [0.2, 0.25) is 0 Å². The Morgan fingerprint density at radius 2 is 1.59 bits per heavy atom. The normalized spacial score (nSPS) is 12.6. The van der Waals surface area contributed by atoms with Gasteiger partial charge in [-0.15, -0.1) is 0 Å². The second-order valence-corrected chi connectivity index (χ2v) is 6.96. The molecule has 0 radical (unpaired) electrons. The summed E-state index contributed by atoms with van der Waals surface area (Å²) >= 11 is 0. The summed E-state index contributed by atoms with van der Waals surface area (Å²) in [5.74, 6) is 0. The Balaban J connectivity index is 1.76. The van der Waals surface area contributed by atoms with Crippen LogP contribution in [0.3, 0.4) is 0 Å². The number of para-hydroxylation sites is 2. The fourth-order valence-electron chi connectivity index (χ4n) is 4.25. The molecular weight excluding hydrogens is 330 g/mol. The zero-order chi connectivity index (χ0) is 18.0. The minimum Gasteiger partial charge on any atom is -0.350 e. The van der Waals surface area contributed by atoms with Gasteiger partial charge in [-0.25, -0.2) is 0 Å². The minimum atomic E-state index is 1.12. The van der Waals surface area contributed by atoms with E-state index in [0.717, 1.165) is 16.9 Å². The fourth-order valence-corrected chi connectivity index (χ4v) is 4.25. The summed E-state index contributed by atoms with van der Waals surface area (Å²) in [6.07, 6.45) is 3.60. The smallest absolute Gasteiger partial charge is 0.269 e. The Morgan fingerprint density at radius 1 is 0.778 bits per heavy atom. The van der Waals surface area contributed by atoms with Crippen LogP contribution in [0.15, 0.2) is 84.9 Å². The maximum absolute atomic E-state index is 3.60. The third-order valence-corrected chi connectivity index (χ3v) is 5.49. The number of aromatic nitrogens is 2. The quantitative estimate of drug-likeness (QED) is 0.309. The number of fused-ring (bicyclic) bond motifs is 4. The summed E-state index contributed by atoms with van der Waals surface area (Å²) in [4.78, 5) is 2.31. The third kappa shape index (κ3) is 1.88. The Kier molecular flexibility index (Phi) is 2.81. The molecule has 1 aliphatic rings. The van der Waals surface area contributed by atoms with Crippen molar-refractivity contribution in [1.82, 2.24) is 4.57 Å². The molecule has 3 heteroatoms. The number of nitrogens with zero attached hydrogens (tertiary/aromatic N) is 3. The molecule has 0 bridgehead atoms. The lowest BCUT2D eigenvalue weighted by Gasteiger charge is -2.30. The van der Waals surface area contributed by atoms with E-state index in [9.17, 15) is 0 Å². The van der Waals surface area contributed by atoms with Crippen molar-refractivity contribution < 1.29 is 4.57 Å². The highest BCUT2D eigenvalue weighted by atomic mass is 15.2. The number of rotatable bonds is 1. The van der Waals surface area contributed by atoms with Gasteiger partial charge < -0.3 is 4.90 Å². The highest BCUT2D eigenvalue weighted by Crippen LogP contribution is 2.41. The summed E-state index contributed by atoms with van der Waals surface area (Å²) in [5, 5.41) is 2.51. The first kappa shape index (κ1) is 14.6. The zero-order valence-corrected chi connectivity index (χ0v) is 14.9. The molecule has 5 aromatic rings. The van der Waals surface area contributed by atoms with E-state index in [-0.39, 0.29) is 0 Å². The predicted octanol–water partition coefficient (Wildman–Crippen LogP) is 4.94. The summed E-state index contributed by atoms with van der Waals surface area (Å²) in [7, 11) is 2.16. The van der Waals surface area contributed by atoms with E-state index in [2.05, 4.69) is 106 Å². The lowest BCUT2D eigenvalue weighted by molar-refractivity contribution is -0.572. The third-order valence-electron chi connectivity index (χ3n) is 5.49. The van der Waals surface area contributed by atoms with Crippen LogP contribution in [-0.2, 0) is 0 Å². The van der Waals surface area contributed by atoms with Gasteiger partial charge >= 0.3 is 0 Å². The number of benzene rings is 4. The van der Waals surface area contributed by atoms with Gasteiger partial charge in [-0.2, -0.15) is 0 Å². The maximum atomic E-state index is 3.60. The molecule has 4 aromatic carbocycles. The predicted molar refractivity (Wildman–Crippen MR) is 109 cm³/mol. The molecule has 0 saturated carbocycles. The molecule has 0 N–H and O–H groups in total. The highest BCUT2D eigenvalue weighted by Gasteiger charge is 2.26. The van der Waals surface area contributed by atoms with Gasteiger partial charge in [0, 0.05) is 18.1 Å². The first-order valence-electron chi connectivity index (χ1n) is 9.13. The van der Waals surface area contributed by atoms with E-state index >= 15 is 0 Å². The molecule has 0 unspecified atom stereocenters. The van der Waals surface area contributed by atoms with Crippen LogP contribution in [0.2, 0.25) is 0 Å². The SMILES string of the molecule is CN1c2c(ccc3ccccc23)-[n+]2[c-]n(-c3ccccc3)c3cccc1c32. The maximum Gasteiger partial charge on any atom is 0.269 e. The van der Waals surface area contributed by atoms with Gasteiger partial charge in [0.25, 0.3) is 6.33 Å². The van der Waals surface area contributed by atoms with Crippen LogP contribution in [0, 0.1) is 6.33 Å². The molecule has 3 nitrogen and oxygen atoms in total. The molecule has 2 heterocycles. The van der Waals surface area contributed by atoms with Gasteiger partial charge in [-0.05, 0) is 29.7 Å². The lowest BCUT2D eigenvalue weighted by Crippen LogP contribution is -2.36. The number of imidazole rings is 1. The van der Waals surface area contributed by atoms with E-state index in [4.69, 9.17) is 0 Å². The van der Waals surface area contributed by atoms with Crippen LogP contribution in [0.5, 0.6) is 0 Å². The van der Waals surface area contributed by atoms with Gasteiger partial charge in [-0.1, -0.05) is 60.7 Å². The first-order chi connectivity index (χ1) is 13.3. The van der Waals surface area contributed by atoms with Gasteiger partial charge in [0.1, 0.15) is 5.52 Å². The monoisotopic (exact) mass is 347 g/mol. The summed E-state index contributed by atoms with van der Waals surface area (Å²) in [6.45, 7) is 0. The standard InChI is InChI=1S/C24H17N3/c1-25-20-12-7-13-21-24(20)27(16-26(21)18-9-3-2-4-10-18)22-15-14-17-8-5-6-11-19(17)23(22)25/h2-15H,1H3. The van der Waals surface area contributed by atoms with Crippen molar-refractivity contribution in [2.45, 2.75) is 0 Å². The Labute approximate surface area is 157 Å². The minimum absolute atomic E-state index is 1.12. The van der Waals surface area contributed by atoms with Crippen LogP contribution in [0.1, 0.15) is 0 Å². The second-order valence-electron chi connectivity index (χ2n) is 6.96. The number of hydrogen-bond acceptors (Lipinski definition) is 1. The molecule has 0 saturated heterocycles. The van der Waals surface area contributed by atoms with Crippen molar-refractivity contribution in [2.24, 2.45) is 0 Å². The summed E-state index contributed by atoms with van der Waals surface area (Å²) < 4.78 is 4.36. The van der Waals surface area contributed by atoms with E-state index in [1.165, 1.54) is 27.7 Å². The van der Waals surface area contributed by atoms with Crippen molar-refractivity contribution in [3.63, 3.8) is 0 Å². The Hall–Kier alpha value is -3.59. The van der Waals surface area contributed by atoms with Crippen LogP contribution >= 0.6 is 0 Å². The average molecular weight is 347 g/mol. The first-order valence-corrected chi connectivity index (χ1v) is 9.13. The largest absolute Gasteiger partial charge is 0.350 e. The van der Waals surface area contributed by atoms with Crippen molar-refractivity contribution in [3.8, 4) is 11.4 Å². The van der Waals surface area contributed by atoms with E-state index < -0.39 is 0 Å². The number of hydrogen-bond donors (Lipinski definition) is 0. The topological polar surface area (TPSA) is 12.1 Å². The molecule has 0 aliphatic carbocycles. The van der Waals surface area contributed by atoms with E-state index in [1.807, 2.05) is 6.07 Å². The molecule has 0 amide bonds. The average Bonchev–Trinajstić information content (AvgIpc) is 3.12. The molecule has 0 spiro atoms. The van der Waals surface area contributed by atoms with Crippen LogP contribution in [0.25, 0.3) is 33.2 Å². The van der Waals surface area contributed by atoms with E-state index in [1.54, 1.807) is 0 Å². The Morgan fingerprint density at radius 3 is 2.48 bits per heavy atom. The zero-order valence-electron chi connectivity index (χ0n) is 14.9.